The van der Waals surface area contributed by atoms with E-state index in [-0.39, 0.29) is 0 Å². The number of hydrogen-bond acceptors (Lipinski definition) is 2. The molecular formula is C8H7N2S. The third-order valence-corrected chi connectivity index (χ3v) is 2.33. The Bertz CT molecular complexity index is 335. The van der Waals surface area contributed by atoms with Crippen molar-refractivity contribution in [3.8, 4) is 5.00 Å². The molecule has 2 heterocycles. The topological polar surface area (TPSA) is 17.8 Å². The van der Waals surface area contributed by atoms with Crippen LogP contribution >= 0.6 is 11.3 Å². The molecule has 2 aromatic heterocycles. The van der Waals surface area contributed by atoms with E-state index in [1.165, 1.54) is 5.00 Å². The number of aromatic nitrogens is 2. The number of thiophene rings is 1. The van der Waals surface area contributed by atoms with Gasteiger partial charge in [-0.1, -0.05) is 0 Å². The molecule has 0 aliphatic heterocycles. The minimum Gasteiger partial charge on any atom is -0.295 e. The fourth-order valence-electron chi connectivity index (χ4n) is 0.971. The van der Waals surface area contributed by atoms with E-state index in [1.807, 2.05) is 29.1 Å². The van der Waals surface area contributed by atoms with Crippen LogP contribution in [0.4, 0.5) is 0 Å². The fraction of sp³-hybridized carbons (Fsp3) is 0.125. The summed E-state index contributed by atoms with van der Waals surface area (Å²) in [5.74, 6) is 1.01. The van der Waals surface area contributed by atoms with Gasteiger partial charge in [-0.25, -0.2) is 4.98 Å². The quantitative estimate of drug-likeness (QED) is 0.629. The number of hydrogen-bond donors (Lipinski definition) is 0. The van der Waals surface area contributed by atoms with Gasteiger partial charge in [0.2, 0.25) is 0 Å². The van der Waals surface area contributed by atoms with Crippen molar-refractivity contribution in [1.82, 2.24) is 9.55 Å². The molecule has 0 aliphatic carbocycles. The highest BCUT2D eigenvalue weighted by Crippen LogP contribution is 2.15. The Hall–Kier alpha value is -1.09. The van der Waals surface area contributed by atoms with Crippen molar-refractivity contribution >= 4 is 11.3 Å². The Kier molecular flexibility index (Phi) is 1.51. The SMILES string of the molecule is Cc1nccn1-c1c[c]cs1. The lowest BCUT2D eigenvalue weighted by Gasteiger charge is -1.97. The minimum atomic E-state index is 1.01. The van der Waals surface area contributed by atoms with Crippen LogP contribution in [0.1, 0.15) is 5.82 Å². The zero-order valence-electron chi connectivity index (χ0n) is 6.11. The molecule has 0 amide bonds. The van der Waals surface area contributed by atoms with Crippen LogP contribution in [0.5, 0.6) is 0 Å². The first-order valence-electron chi connectivity index (χ1n) is 3.33. The van der Waals surface area contributed by atoms with E-state index in [0.29, 0.717) is 0 Å². The monoisotopic (exact) mass is 163 g/mol. The van der Waals surface area contributed by atoms with Gasteiger partial charge in [0, 0.05) is 17.8 Å². The summed E-state index contributed by atoms with van der Waals surface area (Å²) in [5, 5.41) is 3.11. The molecule has 0 fully saturated rings. The molecule has 11 heavy (non-hydrogen) atoms. The Balaban J connectivity index is 2.53. The number of aryl methyl sites for hydroxylation is 1. The molecule has 0 N–H and O–H groups in total. The third kappa shape index (κ3) is 1.07. The Morgan fingerprint density at radius 3 is 3.09 bits per heavy atom. The number of nitrogens with zero attached hydrogens (tertiary/aromatic N) is 2. The number of rotatable bonds is 1. The van der Waals surface area contributed by atoms with Gasteiger partial charge in [0.05, 0.1) is 0 Å². The van der Waals surface area contributed by atoms with Crippen LogP contribution in [0.2, 0.25) is 0 Å². The zero-order valence-corrected chi connectivity index (χ0v) is 6.93. The van der Waals surface area contributed by atoms with Gasteiger partial charge < -0.3 is 0 Å². The summed E-state index contributed by atoms with van der Waals surface area (Å²) in [7, 11) is 0. The lowest BCUT2D eigenvalue weighted by Crippen LogP contribution is -1.90. The molecule has 55 valence electrons. The molecule has 2 nitrogen and oxygen atoms in total. The highest BCUT2D eigenvalue weighted by atomic mass is 32.1. The van der Waals surface area contributed by atoms with Crippen LogP contribution in [0.15, 0.2) is 23.8 Å². The van der Waals surface area contributed by atoms with Gasteiger partial charge in [-0.3, -0.25) is 4.57 Å². The third-order valence-electron chi connectivity index (χ3n) is 1.52. The molecule has 0 saturated heterocycles. The summed E-state index contributed by atoms with van der Waals surface area (Å²) >= 11 is 1.66. The van der Waals surface area contributed by atoms with Crippen LogP contribution in [0, 0.1) is 13.0 Å². The molecule has 2 aromatic rings. The molecule has 0 bridgehead atoms. The van der Waals surface area contributed by atoms with Crippen molar-refractivity contribution in [2.45, 2.75) is 6.92 Å². The van der Waals surface area contributed by atoms with Gasteiger partial charge in [-0.2, -0.15) is 0 Å². The van der Waals surface area contributed by atoms with E-state index in [2.05, 4.69) is 11.1 Å². The van der Waals surface area contributed by atoms with Gasteiger partial charge in [0.1, 0.15) is 10.8 Å². The molecule has 0 saturated carbocycles. The minimum absolute atomic E-state index is 1.01. The maximum absolute atomic E-state index is 4.13. The predicted molar refractivity (Wildman–Crippen MR) is 45.0 cm³/mol. The molecule has 0 aliphatic rings. The van der Waals surface area contributed by atoms with E-state index in [1.54, 1.807) is 17.5 Å². The molecule has 0 spiro atoms. The molecule has 1 radical (unpaired) electrons. The predicted octanol–water partition coefficient (Wildman–Crippen LogP) is 2.04. The number of imidazole rings is 1. The van der Waals surface area contributed by atoms with E-state index < -0.39 is 0 Å². The van der Waals surface area contributed by atoms with Gasteiger partial charge in [-0.05, 0) is 19.1 Å². The van der Waals surface area contributed by atoms with Crippen LogP contribution in [-0.4, -0.2) is 9.55 Å². The first-order valence-corrected chi connectivity index (χ1v) is 4.21. The first kappa shape index (κ1) is 6.61. The molecule has 3 heteroatoms. The van der Waals surface area contributed by atoms with Crippen molar-refractivity contribution < 1.29 is 0 Å². The molecule has 0 unspecified atom stereocenters. The summed E-state index contributed by atoms with van der Waals surface area (Å²) in [6.45, 7) is 1.99. The maximum atomic E-state index is 4.13. The second-order valence-electron chi connectivity index (χ2n) is 2.23. The van der Waals surface area contributed by atoms with Crippen LogP contribution in [0.3, 0.4) is 0 Å². The van der Waals surface area contributed by atoms with Crippen molar-refractivity contribution in [3.05, 3.63) is 35.7 Å². The van der Waals surface area contributed by atoms with Crippen LogP contribution < -0.4 is 0 Å². The first-order chi connectivity index (χ1) is 5.38. The Labute approximate surface area is 69.1 Å². The van der Waals surface area contributed by atoms with Gasteiger partial charge in [-0.15, -0.1) is 11.3 Å². The maximum Gasteiger partial charge on any atom is 0.110 e. The van der Waals surface area contributed by atoms with E-state index in [4.69, 9.17) is 0 Å². The normalized spacial score (nSPS) is 10.3. The van der Waals surface area contributed by atoms with E-state index in [0.717, 1.165) is 5.82 Å². The lowest BCUT2D eigenvalue weighted by atomic mass is 10.6. The lowest BCUT2D eigenvalue weighted by molar-refractivity contribution is 0.994. The average molecular weight is 163 g/mol. The van der Waals surface area contributed by atoms with Gasteiger partial charge >= 0.3 is 0 Å². The zero-order chi connectivity index (χ0) is 7.68. The van der Waals surface area contributed by atoms with Crippen molar-refractivity contribution in [3.63, 3.8) is 0 Å². The fourth-order valence-corrected chi connectivity index (χ4v) is 1.67. The van der Waals surface area contributed by atoms with E-state index in [9.17, 15) is 0 Å². The van der Waals surface area contributed by atoms with Crippen molar-refractivity contribution in [2.75, 3.05) is 0 Å². The van der Waals surface area contributed by atoms with Crippen molar-refractivity contribution in [1.29, 1.82) is 0 Å². The second-order valence-corrected chi connectivity index (χ2v) is 3.12. The Morgan fingerprint density at radius 2 is 2.55 bits per heavy atom. The highest BCUT2D eigenvalue weighted by molar-refractivity contribution is 7.12. The standard InChI is InChI=1S/C8H7N2S/c1-7-9-4-5-10(7)8-3-2-6-11-8/h3-6H,1H3. The van der Waals surface area contributed by atoms with Crippen LogP contribution in [-0.2, 0) is 0 Å². The van der Waals surface area contributed by atoms with Gasteiger partial charge in [0.15, 0.2) is 0 Å². The summed E-state index contributed by atoms with van der Waals surface area (Å²) < 4.78 is 2.04. The summed E-state index contributed by atoms with van der Waals surface area (Å²) in [5.41, 5.74) is 0. The summed E-state index contributed by atoms with van der Waals surface area (Å²) in [6.07, 6.45) is 3.75. The van der Waals surface area contributed by atoms with Crippen molar-refractivity contribution in [2.24, 2.45) is 0 Å². The summed E-state index contributed by atoms with van der Waals surface area (Å²) in [4.78, 5) is 4.13. The second kappa shape index (κ2) is 2.51. The summed E-state index contributed by atoms with van der Waals surface area (Å²) in [6, 6.07) is 4.97. The average Bonchev–Trinajstić information content (AvgIpc) is 2.55. The molecule has 2 rings (SSSR count). The van der Waals surface area contributed by atoms with E-state index >= 15 is 0 Å². The molecule has 0 atom stereocenters. The Morgan fingerprint density at radius 1 is 1.64 bits per heavy atom. The smallest absolute Gasteiger partial charge is 0.110 e. The highest BCUT2D eigenvalue weighted by Gasteiger charge is 1.98. The molecule has 0 aromatic carbocycles. The largest absolute Gasteiger partial charge is 0.295 e. The van der Waals surface area contributed by atoms with Crippen LogP contribution in [0.25, 0.3) is 5.00 Å². The molecular weight excluding hydrogens is 156 g/mol. The van der Waals surface area contributed by atoms with Gasteiger partial charge in [0.25, 0.3) is 0 Å².